The van der Waals surface area contributed by atoms with Crippen LogP contribution in [0.25, 0.3) is 0 Å². The van der Waals surface area contributed by atoms with Gasteiger partial charge < -0.3 is 14.6 Å². The monoisotopic (exact) mass is 285 g/mol. The minimum Gasteiger partial charge on any atom is -0.384 e. The number of anilines is 1. The molecule has 0 amide bonds. The molecule has 5 heteroatoms. The van der Waals surface area contributed by atoms with Gasteiger partial charge in [0, 0.05) is 18.8 Å². The molecule has 1 N–H and O–H groups in total. The van der Waals surface area contributed by atoms with E-state index in [2.05, 4.69) is 39.7 Å². The highest BCUT2D eigenvalue weighted by Crippen LogP contribution is 2.35. The fourth-order valence-corrected chi connectivity index (χ4v) is 3.19. The van der Waals surface area contributed by atoms with Crippen LogP contribution < -0.4 is 5.32 Å². The molecule has 110 valence electrons. The zero-order chi connectivity index (χ0) is 14.3. The maximum absolute atomic E-state index is 5.78. The van der Waals surface area contributed by atoms with E-state index in [1.807, 2.05) is 6.92 Å². The van der Waals surface area contributed by atoms with Gasteiger partial charge in [0.2, 0.25) is 11.7 Å². The summed E-state index contributed by atoms with van der Waals surface area (Å²) in [6.07, 6.45) is 2.94. The van der Waals surface area contributed by atoms with E-state index in [4.69, 9.17) is 9.26 Å². The van der Waals surface area contributed by atoms with Crippen LogP contribution >= 0.6 is 0 Å². The third-order valence-corrected chi connectivity index (χ3v) is 4.51. The Bertz CT molecular complexity index is 646. The summed E-state index contributed by atoms with van der Waals surface area (Å²) in [6, 6.07) is 8.37. The second-order valence-corrected chi connectivity index (χ2v) is 6.08. The molecular formula is C16H19N3O2. The molecule has 0 spiro atoms. The van der Waals surface area contributed by atoms with Crippen LogP contribution in [0.2, 0.25) is 0 Å². The summed E-state index contributed by atoms with van der Waals surface area (Å²) < 4.78 is 11.3. The Kier molecular flexibility index (Phi) is 2.96. The molecule has 2 atom stereocenters. The van der Waals surface area contributed by atoms with Crippen molar-refractivity contribution < 1.29 is 9.26 Å². The predicted octanol–water partition coefficient (Wildman–Crippen LogP) is 2.85. The summed E-state index contributed by atoms with van der Waals surface area (Å²) in [6.45, 7) is 3.65. The Morgan fingerprint density at radius 1 is 1.33 bits per heavy atom. The number of nitrogens with zero attached hydrogens (tertiary/aromatic N) is 2. The van der Waals surface area contributed by atoms with Gasteiger partial charge in [-0.25, -0.2) is 0 Å². The number of hydrogen-bond donors (Lipinski definition) is 1. The molecule has 3 heterocycles. The lowest BCUT2D eigenvalue weighted by Crippen LogP contribution is -2.23. The molecule has 2 aliphatic heterocycles. The summed E-state index contributed by atoms with van der Waals surface area (Å²) in [7, 11) is 0. The van der Waals surface area contributed by atoms with E-state index in [1.54, 1.807) is 0 Å². The van der Waals surface area contributed by atoms with Crippen LogP contribution in [-0.2, 0) is 16.8 Å². The van der Waals surface area contributed by atoms with Crippen LogP contribution in [-0.4, -0.2) is 23.3 Å². The third-order valence-electron chi connectivity index (χ3n) is 4.51. The van der Waals surface area contributed by atoms with Gasteiger partial charge in [0.05, 0.1) is 5.92 Å². The molecule has 21 heavy (non-hydrogen) atoms. The summed E-state index contributed by atoms with van der Waals surface area (Å²) in [5.41, 5.74) is 2.14. The molecule has 0 aliphatic carbocycles. The Labute approximate surface area is 123 Å². The van der Waals surface area contributed by atoms with Gasteiger partial charge in [-0.15, -0.1) is 0 Å². The van der Waals surface area contributed by atoms with Crippen molar-refractivity contribution in [1.82, 2.24) is 10.1 Å². The van der Waals surface area contributed by atoms with Crippen LogP contribution in [0.1, 0.15) is 43.0 Å². The molecule has 1 aromatic carbocycles. The quantitative estimate of drug-likeness (QED) is 0.919. The number of aromatic nitrogens is 2. The van der Waals surface area contributed by atoms with Crippen LogP contribution in [0, 0.1) is 0 Å². The number of para-hydroxylation sites is 1. The summed E-state index contributed by atoms with van der Waals surface area (Å²) in [5, 5.41) is 7.60. The van der Waals surface area contributed by atoms with Crippen LogP contribution in [0.15, 0.2) is 28.8 Å². The number of nitrogens with one attached hydrogen (secondary N) is 1. The second kappa shape index (κ2) is 4.84. The molecule has 0 bridgehead atoms. The zero-order valence-electron chi connectivity index (χ0n) is 12.1. The van der Waals surface area contributed by atoms with Crippen LogP contribution in [0.4, 0.5) is 5.69 Å². The predicted molar refractivity (Wildman–Crippen MR) is 78.2 cm³/mol. The molecule has 1 saturated heterocycles. The van der Waals surface area contributed by atoms with Gasteiger partial charge >= 0.3 is 0 Å². The van der Waals surface area contributed by atoms with Crippen molar-refractivity contribution in [2.75, 3.05) is 18.5 Å². The molecule has 5 nitrogen and oxygen atoms in total. The summed E-state index contributed by atoms with van der Waals surface area (Å²) in [4.78, 5) is 4.62. The van der Waals surface area contributed by atoms with Gasteiger partial charge in [-0.1, -0.05) is 23.4 Å². The molecule has 0 radical (unpaired) electrons. The molecule has 4 rings (SSSR count). The smallest absolute Gasteiger partial charge is 0.231 e. The largest absolute Gasteiger partial charge is 0.384 e. The van der Waals surface area contributed by atoms with E-state index < -0.39 is 0 Å². The van der Waals surface area contributed by atoms with E-state index in [0.29, 0.717) is 11.7 Å². The van der Waals surface area contributed by atoms with Gasteiger partial charge in [0.25, 0.3) is 0 Å². The van der Waals surface area contributed by atoms with E-state index in [-0.39, 0.29) is 11.5 Å². The lowest BCUT2D eigenvalue weighted by Gasteiger charge is -2.23. The molecule has 2 aromatic rings. The highest BCUT2D eigenvalue weighted by Gasteiger charge is 2.37. The Hall–Kier alpha value is -1.88. The van der Waals surface area contributed by atoms with Crippen LogP contribution in [0.3, 0.4) is 0 Å². The molecule has 2 unspecified atom stereocenters. The van der Waals surface area contributed by atoms with Crippen molar-refractivity contribution in [3.8, 4) is 0 Å². The van der Waals surface area contributed by atoms with Crippen LogP contribution in [0.5, 0.6) is 0 Å². The zero-order valence-corrected chi connectivity index (χ0v) is 12.1. The van der Waals surface area contributed by atoms with Crippen molar-refractivity contribution in [2.45, 2.75) is 37.7 Å². The van der Waals surface area contributed by atoms with Gasteiger partial charge in [-0.3, -0.25) is 0 Å². The molecule has 0 saturated carbocycles. The highest BCUT2D eigenvalue weighted by molar-refractivity contribution is 5.53. The molecular weight excluding hydrogens is 266 g/mol. The lowest BCUT2D eigenvalue weighted by atomic mass is 9.94. The summed E-state index contributed by atoms with van der Waals surface area (Å²) in [5.74, 6) is 1.63. The fourth-order valence-electron chi connectivity index (χ4n) is 3.19. The first-order valence-corrected chi connectivity index (χ1v) is 7.54. The minimum absolute atomic E-state index is 0.228. The Morgan fingerprint density at radius 3 is 3.10 bits per heavy atom. The number of benzene rings is 1. The minimum atomic E-state index is -0.373. The summed E-state index contributed by atoms with van der Waals surface area (Å²) >= 11 is 0. The number of hydrogen-bond acceptors (Lipinski definition) is 5. The van der Waals surface area contributed by atoms with Gasteiger partial charge in [0.15, 0.2) is 0 Å². The number of ether oxygens (including phenoxy) is 1. The number of fused-ring (bicyclic) bond motifs is 1. The van der Waals surface area contributed by atoms with E-state index in [1.165, 1.54) is 11.3 Å². The fraction of sp³-hybridized carbons (Fsp3) is 0.500. The van der Waals surface area contributed by atoms with Crippen molar-refractivity contribution >= 4 is 5.69 Å². The first-order chi connectivity index (χ1) is 10.2. The van der Waals surface area contributed by atoms with Crippen molar-refractivity contribution in [1.29, 1.82) is 0 Å². The van der Waals surface area contributed by atoms with E-state index in [9.17, 15) is 0 Å². The normalized spacial score (nSPS) is 28.1. The van der Waals surface area contributed by atoms with Gasteiger partial charge in [-0.2, -0.15) is 4.98 Å². The Balaban J connectivity index is 1.57. The average Bonchev–Trinajstić information content (AvgIpc) is 3.17. The second-order valence-electron chi connectivity index (χ2n) is 6.08. The third kappa shape index (κ3) is 2.21. The standard InChI is InChI=1S/C16H19N3O2/c1-16(7-4-8-20-16)15-18-14(21-19-15)12-9-11-5-2-3-6-13(11)17-10-12/h2-3,5-6,12,17H,4,7-10H2,1H3. The van der Waals surface area contributed by atoms with Gasteiger partial charge in [-0.05, 0) is 37.8 Å². The lowest BCUT2D eigenvalue weighted by molar-refractivity contribution is 0.00768. The Morgan fingerprint density at radius 2 is 2.24 bits per heavy atom. The molecule has 2 aliphatic rings. The topological polar surface area (TPSA) is 60.2 Å². The SMILES string of the molecule is CC1(c2noc(C3CNc4ccccc4C3)n2)CCCO1. The van der Waals surface area contributed by atoms with Gasteiger partial charge in [0.1, 0.15) is 5.60 Å². The van der Waals surface area contributed by atoms with E-state index in [0.717, 1.165) is 32.4 Å². The molecule has 1 aromatic heterocycles. The maximum atomic E-state index is 5.78. The van der Waals surface area contributed by atoms with Crippen molar-refractivity contribution in [2.24, 2.45) is 0 Å². The first-order valence-electron chi connectivity index (χ1n) is 7.54. The molecule has 1 fully saturated rings. The van der Waals surface area contributed by atoms with E-state index >= 15 is 0 Å². The number of rotatable bonds is 2. The van der Waals surface area contributed by atoms with Crippen molar-refractivity contribution in [3.05, 3.63) is 41.5 Å². The van der Waals surface area contributed by atoms with Crippen molar-refractivity contribution in [3.63, 3.8) is 0 Å². The highest BCUT2D eigenvalue weighted by atomic mass is 16.5. The first kappa shape index (κ1) is 12.8. The average molecular weight is 285 g/mol. The maximum Gasteiger partial charge on any atom is 0.231 e.